The summed E-state index contributed by atoms with van der Waals surface area (Å²) in [6.07, 6.45) is 1.42. The maximum absolute atomic E-state index is 10.2. The van der Waals surface area contributed by atoms with E-state index in [1.807, 2.05) is 0 Å². The topological polar surface area (TPSA) is 37.3 Å². The minimum absolute atomic E-state index is 0.0332. The zero-order valence-electron chi connectivity index (χ0n) is 3.63. The van der Waals surface area contributed by atoms with Crippen LogP contribution in [0.3, 0.4) is 0 Å². The molecular formula is C4H5O2S+. The van der Waals surface area contributed by atoms with Crippen molar-refractivity contribution in [1.82, 2.24) is 0 Å². The maximum Gasteiger partial charge on any atom is 0.212 e. The quantitative estimate of drug-likeness (QED) is 0.459. The summed E-state index contributed by atoms with van der Waals surface area (Å²) in [5, 5.41) is 1.53. The maximum atomic E-state index is 10.2. The molecule has 0 bridgehead atoms. The highest BCUT2D eigenvalue weighted by Crippen LogP contribution is 2.01. The molecule has 0 aliphatic carbocycles. The largest absolute Gasteiger partial charge is 0.289 e. The molecule has 0 saturated carbocycles. The molecule has 0 spiro atoms. The molecule has 0 aromatic carbocycles. The molecule has 1 N–H and O–H groups in total. The predicted octanol–water partition coefficient (Wildman–Crippen LogP) is 0.174. The van der Waals surface area contributed by atoms with Crippen LogP contribution in [0.5, 0.6) is 0 Å². The van der Waals surface area contributed by atoms with Crippen molar-refractivity contribution in [2.45, 2.75) is 0 Å². The SMILES string of the molecule is O=C1C=C[S+](O)C1. The van der Waals surface area contributed by atoms with Crippen LogP contribution in [-0.4, -0.2) is 16.1 Å². The van der Waals surface area contributed by atoms with Crippen molar-refractivity contribution in [3.05, 3.63) is 11.5 Å². The van der Waals surface area contributed by atoms with Gasteiger partial charge in [0.1, 0.15) is 0 Å². The molecule has 1 aliphatic rings. The second-order valence-corrected chi connectivity index (χ2v) is 2.68. The predicted molar refractivity (Wildman–Crippen MR) is 29.0 cm³/mol. The number of allylic oxidation sites excluding steroid dienone is 1. The molecule has 38 valence electrons. The van der Waals surface area contributed by atoms with E-state index >= 15 is 0 Å². The number of carbonyl (C=O) groups is 1. The molecule has 3 heteroatoms. The first-order chi connectivity index (χ1) is 3.29. The van der Waals surface area contributed by atoms with Gasteiger partial charge in [-0.25, -0.2) is 0 Å². The van der Waals surface area contributed by atoms with Crippen LogP contribution in [0.2, 0.25) is 0 Å². The van der Waals surface area contributed by atoms with E-state index in [0.29, 0.717) is 5.75 Å². The second-order valence-electron chi connectivity index (χ2n) is 1.31. The summed E-state index contributed by atoms with van der Waals surface area (Å²) in [5.74, 6) is 0.339. The highest BCUT2D eigenvalue weighted by atomic mass is 32.2. The van der Waals surface area contributed by atoms with Crippen LogP contribution >= 0.6 is 0 Å². The number of ketones is 1. The zero-order valence-corrected chi connectivity index (χ0v) is 4.44. The van der Waals surface area contributed by atoms with Gasteiger partial charge in [-0.1, -0.05) is 0 Å². The summed E-state index contributed by atoms with van der Waals surface area (Å²) >= 11 is -0.733. The molecular weight excluding hydrogens is 112 g/mol. The van der Waals surface area contributed by atoms with Crippen molar-refractivity contribution < 1.29 is 9.35 Å². The summed E-state index contributed by atoms with van der Waals surface area (Å²) in [4.78, 5) is 10.2. The fraction of sp³-hybridized carbons (Fsp3) is 0.250. The third-order valence-corrected chi connectivity index (χ3v) is 1.73. The summed E-state index contributed by atoms with van der Waals surface area (Å²) in [6.45, 7) is 0. The van der Waals surface area contributed by atoms with Crippen LogP contribution in [0.4, 0.5) is 0 Å². The van der Waals surface area contributed by atoms with Gasteiger partial charge < -0.3 is 0 Å². The Morgan fingerprint density at radius 1 is 1.86 bits per heavy atom. The second kappa shape index (κ2) is 1.68. The van der Waals surface area contributed by atoms with Gasteiger partial charge in [-0.2, -0.15) is 4.55 Å². The number of carbonyl (C=O) groups excluding carboxylic acids is 1. The van der Waals surface area contributed by atoms with Crippen molar-refractivity contribution in [2.24, 2.45) is 0 Å². The molecule has 0 aromatic rings. The van der Waals surface area contributed by atoms with Crippen LogP contribution in [0.1, 0.15) is 0 Å². The highest BCUT2D eigenvalue weighted by Gasteiger charge is 2.22. The van der Waals surface area contributed by atoms with Gasteiger partial charge in [0.15, 0.2) is 16.6 Å². The molecule has 0 fully saturated rings. The Morgan fingerprint density at radius 2 is 2.57 bits per heavy atom. The molecule has 1 heterocycles. The van der Waals surface area contributed by atoms with Crippen molar-refractivity contribution in [3.8, 4) is 0 Å². The minimum atomic E-state index is -0.733. The Morgan fingerprint density at radius 3 is 2.71 bits per heavy atom. The van der Waals surface area contributed by atoms with Crippen LogP contribution in [-0.2, 0) is 16.0 Å². The number of hydrogen-bond donors (Lipinski definition) is 1. The molecule has 7 heavy (non-hydrogen) atoms. The van der Waals surface area contributed by atoms with Gasteiger partial charge >= 0.3 is 0 Å². The van der Waals surface area contributed by atoms with E-state index in [4.69, 9.17) is 4.55 Å². The minimum Gasteiger partial charge on any atom is -0.289 e. The lowest BCUT2D eigenvalue weighted by Crippen LogP contribution is -2.01. The summed E-state index contributed by atoms with van der Waals surface area (Å²) in [5.41, 5.74) is 0. The van der Waals surface area contributed by atoms with E-state index in [-0.39, 0.29) is 5.78 Å². The van der Waals surface area contributed by atoms with E-state index < -0.39 is 11.2 Å². The Labute approximate surface area is 44.4 Å². The molecule has 1 rings (SSSR count). The first-order valence-electron chi connectivity index (χ1n) is 1.89. The Bertz CT molecular complexity index is 119. The molecule has 0 saturated heterocycles. The summed E-state index contributed by atoms with van der Waals surface area (Å²) in [7, 11) is 0. The van der Waals surface area contributed by atoms with Gasteiger partial charge in [-0.3, -0.25) is 4.79 Å². The lowest BCUT2D eigenvalue weighted by molar-refractivity contribution is -0.112. The van der Waals surface area contributed by atoms with Gasteiger partial charge in [0.2, 0.25) is 11.5 Å². The van der Waals surface area contributed by atoms with E-state index in [1.165, 1.54) is 11.5 Å². The van der Waals surface area contributed by atoms with Gasteiger partial charge in [0.05, 0.1) is 0 Å². The fourth-order valence-corrected chi connectivity index (χ4v) is 1.19. The van der Waals surface area contributed by atoms with E-state index in [0.717, 1.165) is 0 Å². The van der Waals surface area contributed by atoms with E-state index in [2.05, 4.69) is 0 Å². The van der Waals surface area contributed by atoms with E-state index in [9.17, 15) is 4.79 Å². The average molecular weight is 117 g/mol. The zero-order chi connectivity index (χ0) is 5.28. The lowest BCUT2D eigenvalue weighted by Gasteiger charge is -1.74. The average Bonchev–Trinajstić information content (AvgIpc) is 1.87. The van der Waals surface area contributed by atoms with Gasteiger partial charge in [-0.05, 0) is 0 Å². The molecule has 2 nitrogen and oxygen atoms in total. The Hall–Kier alpha value is -0.280. The summed E-state index contributed by atoms with van der Waals surface area (Å²) in [6, 6.07) is 0. The van der Waals surface area contributed by atoms with Gasteiger partial charge in [0, 0.05) is 6.08 Å². The van der Waals surface area contributed by atoms with Gasteiger partial charge in [-0.15, -0.1) is 0 Å². The molecule has 1 atom stereocenters. The Kier molecular flexibility index (Phi) is 1.17. The van der Waals surface area contributed by atoms with Crippen molar-refractivity contribution in [1.29, 1.82) is 0 Å². The first-order valence-corrected chi connectivity index (χ1v) is 3.30. The third-order valence-electron chi connectivity index (χ3n) is 0.701. The molecule has 0 aromatic heterocycles. The van der Waals surface area contributed by atoms with Crippen molar-refractivity contribution in [2.75, 3.05) is 5.75 Å². The fourth-order valence-electron chi connectivity index (χ4n) is 0.396. The third kappa shape index (κ3) is 1.04. The molecule has 1 unspecified atom stereocenters. The van der Waals surface area contributed by atoms with Crippen molar-refractivity contribution >= 4 is 17.0 Å². The van der Waals surface area contributed by atoms with E-state index in [1.54, 1.807) is 0 Å². The number of hydrogen-bond acceptors (Lipinski definition) is 2. The lowest BCUT2D eigenvalue weighted by atomic mass is 10.5. The van der Waals surface area contributed by atoms with Crippen LogP contribution in [0.25, 0.3) is 0 Å². The summed E-state index contributed by atoms with van der Waals surface area (Å²) < 4.78 is 8.62. The molecule has 1 aliphatic heterocycles. The first kappa shape index (κ1) is 4.87. The Balaban J connectivity index is 2.58. The smallest absolute Gasteiger partial charge is 0.212 e. The monoisotopic (exact) mass is 117 g/mol. The highest BCUT2D eigenvalue weighted by molar-refractivity contribution is 7.95. The van der Waals surface area contributed by atoms with Crippen molar-refractivity contribution in [3.63, 3.8) is 0 Å². The molecule has 0 amide bonds. The standard InChI is InChI=1S/C4H5O2S/c5-4-1-2-7(6)3-4/h1-2,6H,3H2/q+1. The van der Waals surface area contributed by atoms with Crippen LogP contribution < -0.4 is 0 Å². The normalized spacial score (nSPS) is 29.3. The molecule has 0 radical (unpaired) electrons. The van der Waals surface area contributed by atoms with Crippen LogP contribution in [0.15, 0.2) is 11.5 Å². The van der Waals surface area contributed by atoms with Gasteiger partial charge in [0.25, 0.3) is 0 Å². The van der Waals surface area contributed by atoms with Crippen LogP contribution in [0, 0.1) is 0 Å². The number of rotatable bonds is 0.